The summed E-state index contributed by atoms with van der Waals surface area (Å²) < 4.78 is 6.89. The van der Waals surface area contributed by atoms with E-state index in [4.69, 9.17) is 4.74 Å². The Labute approximate surface area is 174 Å². The number of Topliss-reactive ketones (excluding diaryl/α,β-unsaturated/α-hetero) is 1. The SMILES string of the molecule is CC(=O)c1cccc(NC(=O)[C@H](C)Oc2ccc(=O)n(-c3ccc(C)c(C)c3)n2)c1. The highest BCUT2D eigenvalue weighted by atomic mass is 16.5. The first-order chi connectivity index (χ1) is 14.2. The lowest BCUT2D eigenvalue weighted by atomic mass is 10.1. The summed E-state index contributed by atoms with van der Waals surface area (Å²) in [6.07, 6.45) is -0.871. The van der Waals surface area contributed by atoms with E-state index >= 15 is 0 Å². The molecule has 0 aliphatic carbocycles. The molecule has 1 N–H and O–H groups in total. The van der Waals surface area contributed by atoms with Gasteiger partial charge in [0.2, 0.25) is 5.88 Å². The minimum absolute atomic E-state index is 0.0896. The predicted octanol–water partition coefficient (Wildman–Crippen LogP) is 3.46. The van der Waals surface area contributed by atoms with Gasteiger partial charge in [-0.1, -0.05) is 18.2 Å². The average molecular weight is 405 g/mol. The second-order valence-electron chi connectivity index (χ2n) is 7.08. The Kier molecular flexibility index (Phi) is 6.11. The normalized spacial score (nSPS) is 11.6. The van der Waals surface area contributed by atoms with Gasteiger partial charge in [-0.2, -0.15) is 4.68 Å². The molecular weight excluding hydrogens is 382 g/mol. The van der Waals surface area contributed by atoms with Crippen molar-refractivity contribution in [2.24, 2.45) is 0 Å². The summed E-state index contributed by atoms with van der Waals surface area (Å²) in [6, 6.07) is 15.0. The molecule has 30 heavy (non-hydrogen) atoms. The van der Waals surface area contributed by atoms with Crippen molar-refractivity contribution in [1.29, 1.82) is 0 Å². The Hall–Kier alpha value is -3.74. The third-order valence-corrected chi connectivity index (χ3v) is 4.71. The first kappa shape index (κ1) is 21.0. The molecule has 0 fully saturated rings. The van der Waals surface area contributed by atoms with E-state index in [1.165, 1.54) is 23.7 Å². The smallest absolute Gasteiger partial charge is 0.271 e. The molecule has 0 saturated heterocycles. The van der Waals surface area contributed by atoms with Crippen LogP contribution in [0.3, 0.4) is 0 Å². The third kappa shape index (κ3) is 4.81. The number of aromatic nitrogens is 2. The topological polar surface area (TPSA) is 90.3 Å². The Morgan fingerprint density at radius 3 is 2.50 bits per heavy atom. The molecule has 1 atom stereocenters. The predicted molar refractivity (Wildman–Crippen MR) is 114 cm³/mol. The first-order valence-electron chi connectivity index (χ1n) is 9.51. The molecule has 0 aliphatic rings. The van der Waals surface area contributed by atoms with E-state index < -0.39 is 12.0 Å². The van der Waals surface area contributed by atoms with Crippen LogP contribution in [0.5, 0.6) is 5.88 Å². The molecule has 2 aromatic carbocycles. The van der Waals surface area contributed by atoms with E-state index in [1.807, 2.05) is 26.0 Å². The largest absolute Gasteiger partial charge is 0.463 e. The van der Waals surface area contributed by atoms with Crippen molar-refractivity contribution >= 4 is 17.4 Å². The van der Waals surface area contributed by atoms with E-state index in [9.17, 15) is 14.4 Å². The first-order valence-corrected chi connectivity index (χ1v) is 9.51. The van der Waals surface area contributed by atoms with Crippen molar-refractivity contribution in [3.05, 3.63) is 81.6 Å². The average Bonchev–Trinajstić information content (AvgIpc) is 2.71. The Bertz CT molecular complexity index is 1170. The number of benzene rings is 2. The number of ketones is 1. The molecule has 154 valence electrons. The second-order valence-corrected chi connectivity index (χ2v) is 7.08. The zero-order valence-corrected chi connectivity index (χ0v) is 17.3. The van der Waals surface area contributed by atoms with Gasteiger partial charge in [0.1, 0.15) is 0 Å². The number of anilines is 1. The van der Waals surface area contributed by atoms with Gasteiger partial charge in [-0.3, -0.25) is 14.4 Å². The lowest BCUT2D eigenvalue weighted by molar-refractivity contribution is -0.122. The second kappa shape index (κ2) is 8.73. The van der Waals surface area contributed by atoms with Crippen LogP contribution in [0.25, 0.3) is 5.69 Å². The van der Waals surface area contributed by atoms with E-state index in [1.54, 1.807) is 37.3 Å². The molecule has 1 amide bonds. The van der Waals surface area contributed by atoms with Crippen LogP contribution < -0.4 is 15.6 Å². The number of nitrogens with one attached hydrogen (secondary N) is 1. The minimum atomic E-state index is -0.871. The van der Waals surface area contributed by atoms with Crippen LogP contribution in [-0.4, -0.2) is 27.6 Å². The molecule has 3 aromatic rings. The van der Waals surface area contributed by atoms with Gasteiger partial charge in [0, 0.05) is 23.4 Å². The zero-order valence-electron chi connectivity index (χ0n) is 17.3. The maximum absolute atomic E-state index is 12.5. The van der Waals surface area contributed by atoms with Crippen molar-refractivity contribution < 1.29 is 14.3 Å². The molecule has 7 nitrogen and oxygen atoms in total. The number of carbonyl (C=O) groups excluding carboxylic acids is 2. The molecule has 0 spiro atoms. The van der Waals surface area contributed by atoms with Crippen LogP contribution in [0.4, 0.5) is 5.69 Å². The quantitative estimate of drug-likeness (QED) is 0.635. The highest BCUT2D eigenvalue weighted by Gasteiger charge is 2.17. The number of aryl methyl sites for hydroxylation is 2. The van der Waals surface area contributed by atoms with E-state index in [0.717, 1.165) is 11.1 Å². The van der Waals surface area contributed by atoms with Crippen LogP contribution in [0.1, 0.15) is 35.3 Å². The Morgan fingerprint density at radius 2 is 1.80 bits per heavy atom. The highest BCUT2D eigenvalue weighted by Crippen LogP contribution is 2.15. The number of amides is 1. The van der Waals surface area contributed by atoms with Crippen LogP contribution in [-0.2, 0) is 4.79 Å². The van der Waals surface area contributed by atoms with Gasteiger partial charge in [0.25, 0.3) is 11.5 Å². The fourth-order valence-corrected chi connectivity index (χ4v) is 2.79. The number of nitrogens with zero attached hydrogens (tertiary/aromatic N) is 2. The van der Waals surface area contributed by atoms with Gasteiger partial charge in [-0.15, -0.1) is 5.10 Å². The number of ether oxygens (including phenoxy) is 1. The molecule has 3 rings (SSSR count). The minimum Gasteiger partial charge on any atom is -0.463 e. The number of carbonyl (C=O) groups is 2. The van der Waals surface area contributed by atoms with Crippen LogP contribution in [0.15, 0.2) is 59.4 Å². The summed E-state index contributed by atoms with van der Waals surface area (Å²) >= 11 is 0. The fraction of sp³-hybridized carbons (Fsp3) is 0.217. The number of hydrogen-bond donors (Lipinski definition) is 1. The maximum atomic E-state index is 12.5. The number of rotatable bonds is 6. The fourth-order valence-electron chi connectivity index (χ4n) is 2.79. The van der Waals surface area contributed by atoms with Crippen molar-refractivity contribution in [1.82, 2.24) is 9.78 Å². The Balaban J connectivity index is 1.76. The van der Waals surface area contributed by atoms with Gasteiger partial charge in [0.15, 0.2) is 11.9 Å². The summed E-state index contributed by atoms with van der Waals surface area (Å²) in [4.78, 5) is 36.2. The van der Waals surface area contributed by atoms with Crippen LogP contribution >= 0.6 is 0 Å². The van der Waals surface area contributed by atoms with Crippen molar-refractivity contribution in [3.63, 3.8) is 0 Å². The van der Waals surface area contributed by atoms with E-state index in [0.29, 0.717) is 16.9 Å². The van der Waals surface area contributed by atoms with Gasteiger partial charge in [0.05, 0.1) is 5.69 Å². The lowest BCUT2D eigenvalue weighted by Crippen LogP contribution is -2.31. The van der Waals surface area contributed by atoms with Crippen molar-refractivity contribution in [2.75, 3.05) is 5.32 Å². The molecule has 0 aliphatic heterocycles. The van der Waals surface area contributed by atoms with E-state index in [-0.39, 0.29) is 17.2 Å². The Morgan fingerprint density at radius 1 is 1.03 bits per heavy atom. The molecule has 1 heterocycles. The van der Waals surface area contributed by atoms with Crippen molar-refractivity contribution in [2.45, 2.75) is 33.8 Å². The molecule has 7 heteroatoms. The summed E-state index contributed by atoms with van der Waals surface area (Å²) in [5.41, 5.74) is 3.46. The van der Waals surface area contributed by atoms with Crippen LogP contribution in [0.2, 0.25) is 0 Å². The summed E-state index contributed by atoms with van der Waals surface area (Å²) in [5, 5.41) is 6.95. The van der Waals surface area contributed by atoms with Gasteiger partial charge >= 0.3 is 0 Å². The highest BCUT2D eigenvalue weighted by molar-refractivity contribution is 5.98. The summed E-state index contributed by atoms with van der Waals surface area (Å²) in [5.74, 6) is -0.345. The van der Waals surface area contributed by atoms with Crippen LogP contribution in [0, 0.1) is 13.8 Å². The molecule has 1 aromatic heterocycles. The van der Waals surface area contributed by atoms with Gasteiger partial charge < -0.3 is 10.1 Å². The molecule has 0 bridgehead atoms. The molecule has 0 unspecified atom stereocenters. The molecular formula is C23H23N3O4. The van der Waals surface area contributed by atoms with Gasteiger partial charge in [-0.05, 0) is 63.1 Å². The van der Waals surface area contributed by atoms with E-state index in [2.05, 4.69) is 10.4 Å². The monoisotopic (exact) mass is 405 g/mol. The summed E-state index contributed by atoms with van der Waals surface area (Å²) in [6.45, 7) is 6.99. The zero-order chi connectivity index (χ0) is 21.8. The van der Waals surface area contributed by atoms with Gasteiger partial charge in [-0.25, -0.2) is 0 Å². The summed E-state index contributed by atoms with van der Waals surface area (Å²) in [7, 11) is 0. The third-order valence-electron chi connectivity index (χ3n) is 4.71. The number of hydrogen-bond acceptors (Lipinski definition) is 5. The lowest BCUT2D eigenvalue weighted by Gasteiger charge is -2.15. The van der Waals surface area contributed by atoms with Crippen molar-refractivity contribution in [3.8, 4) is 11.6 Å². The maximum Gasteiger partial charge on any atom is 0.271 e. The molecule has 0 saturated carbocycles. The molecule has 0 radical (unpaired) electrons. The standard InChI is InChI=1S/C23H23N3O4/c1-14-8-9-20(12-15(14)2)26-22(28)11-10-21(25-26)30-17(4)23(29)24-19-7-5-6-18(13-19)16(3)27/h5-13,17H,1-4H3,(H,24,29)/t17-/m0/s1.